The second kappa shape index (κ2) is 12.1. The summed E-state index contributed by atoms with van der Waals surface area (Å²) in [5, 5.41) is 3.22. The van der Waals surface area contributed by atoms with Crippen molar-refractivity contribution in [3.05, 3.63) is 0 Å². The van der Waals surface area contributed by atoms with Crippen LogP contribution in [0.3, 0.4) is 0 Å². The number of likely N-dealkylation sites (tertiary alicyclic amines) is 1. The van der Waals surface area contributed by atoms with E-state index in [2.05, 4.69) is 15.2 Å². The van der Waals surface area contributed by atoms with Crippen LogP contribution in [-0.2, 0) is 4.74 Å². The van der Waals surface area contributed by atoms with Crippen LogP contribution in [0.2, 0.25) is 0 Å². The van der Waals surface area contributed by atoms with Crippen molar-refractivity contribution in [2.45, 2.75) is 39.0 Å². The van der Waals surface area contributed by atoms with Gasteiger partial charge < -0.3 is 15.0 Å². The molecule has 0 aromatic heterocycles. The van der Waals surface area contributed by atoms with Gasteiger partial charge in [-0.1, -0.05) is 0 Å². The smallest absolute Gasteiger partial charge is 0.378 e. The van der Waals surface area contributed by atoms with E-state index in [0.717, 1.165) is 45.0 Å². The Morgan fingerprint density at radius 3 is 2.42 bits per heavy atom. The number of piperidine rings is 1. The largest absolute Gasteiger partial charge is 0.401 e. The fourth-order valence-electron chi connectivity index (χ4n) is 2.61. The molecule has 144 valence electrons. The highest BCUT2D eigenvalue weighted by molar-refractivity contribution is 14.0. The summed E-state index contributed by atoms with van der Waals surface area (Å²) in [4.78, 5) is 7.86. The summed E-state index contributed by atoms with van der Waals surface area (Å²) in [6.07, 6.45) is -1.96. The number of hydrogen-bond acceptors (Lipinski definition) is 3. The van der Waals surface area contributed by atoms with E-state index in [9.17, 15) is 13.2 Å². The molecule has 1 aliphatic rings. The number of hydrogen-bond donors (Lipinski definition) is 1. The number of likely N-dealkylation sites (N-methyl/N-ethyl adjacent to an activating group) is 1. The zero-order chi connectivity index (χ0) is 17.3. The summed E-state index contributed by atoms with van der Waals surface area (Å²) >= 11 is 0. The highest BCUT2D eigenvalue weighted by Crippen LogP contribution is 2.15. The van der Waals surface area contributed by atoms with E-state index in [1.807, 2.05) is 13.8 Å². The maximum Gasteiger partial charge on any atom is 0.401 e. The average molecular weight is 466 g/mol. The van der Waals surface area contributed by atoms with Gasteiger partial charge in [-0.05, 0) is 33.7 Å². The number of nitrogens with one attached hydrogen (secondary N) is 1. The molecule has 0 bridgehead atoms. The Balaban J connectivity index is 0.00000529. The number of alkyl halides is 3. The molecule has 0 unspecified atom stereocenters. The molecule has 0 spiro atoms. The van der Waals surface area contributed by atoms with Crippen LogP contribution in [0.4, 0.5) is 13.2 Å². The highest BCUT2D eigenvalue weighted by Gasteiger charge is 2.29. The van der Waals surface area contributed by atoms with Crippen LogP contribution in [0, 0.1) is 0 Å². The van der Waals surface area contributed by atoms with Crippen molar-refractivity contribution in [3.63, 3.8) is 0 Å². The van der Waals surface area contributed by atoms with E-state index < -0.39 is 12.7 Å². The van der Waals surface area contributed by atoms with Gasteiger partial charge in [0, 0.05) is 32.8 Å². The molecule has 1 heterocycles. The van der Waals surface area contributed by atoms with E-state index in [0.29, 0.717) is 12.6 Å². The monoisotopic (exact) mass is 466 g/mol. The fourth-order valence-corrected chi connectivity index (χ4v) is 2.61. The molecule has 0 aromatic carbocycles. The van der Waals surface area contributed by atoms with Crippen molar-refractivity contribution in [2.24, 2.45) is 4.99 Å². The second-order valence-electron chi connectivity index (χ2n) is 5.73. The summed E-state index contributed by atoms with van der Waals surface area (Å²) in [7, 11) is 1.46. The molecule has 1 fully saturated rings. The molecule has 0 saturated carbocycles. The number of rotatable bonds is 7. The van der Waals surface area contributed by atoms with E-state index in [4.69, 9.17) is 4.74 Å². The number of ether oxygens (including phenoxy) is 1. The highest BCUT2D eigenvalue weighted by atomic mass is 127. The first-order valence-corrected chi connectivity index (χ1v) is 8.25. The maximum absolute atomic E-state index is 12.3. The Bertz CT molecular complexity index is 361. The zero-order valence-corrected chi connectivity index (χ0v) is 17.1. The van der Waals surface area contributed by atoms with Gasteiger partial charge in [0.25, 0.3) is 0 Å². The van der Waals surface area contributed by atoms with E-state index in [1.165, 1.54) is 11.9 Å². The summed E-state index contributed by atoms with van der Waals surface area (Å²) < 4.78 is 42.5. The summed E-state index contributed by atoms with van der Waals surface area (Å²) in [6.45, 7) is 6.88. The van der Waals surface area contributed by atoms with Crippen molar-refractivity contribution < 1.29 is 17.9 Å². The number of aliphatic imine (C=N–C) groups is 1. The van der Waals surface area contributed by atoms with Gasteiger partial charge in [0.15, 0.2) is 5.96 Å². The molecule has 24 heavy (non-hydrogen) atoms. The van der Waals surface area contributed by atoms with Crippen LogP contribution in [0.1, 0.15) is 26.7 Å². The van der Waals surface area contributed by atoms with Crippen LogP contribution in [0.5, 0.6) is 0 Å². The lowest BCUT2D eigenvalue weighted by Crippen LogP contribution is -2.47. The average Bonchev–Trinajstić information content (AvgIpc) is 2.46. The van der Waals surface area contributed by atoms with E-state index in [-0.39, 0.29) is 30.5 Å². The van der Waals surface area contributed by atoms with Gasteiger partial charge >= 0.3 is 6.18 Å². The molecule has 1 saturated heterocycles. The van der Waals surface area contributed by atoms with Crippen molar-refractivity contribution >= 4 is 29.9 Å². The first kappa shape index (κ1) is 23.7. The van der Waals surface area contributed by atoms with Crippen molar-refractivity contribution in [1.29, 1.82) is 0 Å². The lowest BCUT2D eigenvalue weighted by atomic mass is 10.1. The third-order valence-electron chi connectivity index (χ3n) is 3.67. The van der Waals surface area contributed by atoms with Gasteiger partial charge in [0.1, 0.15) is 0 Å². The molecule has 9 heteroatoms. The van der Waals surface area contributed by atoms with Crippen LogP contribution < -0.4 is 5.32 Å². The molecule has 0 atom stereocenters. The SMILES string of the molecule is CCNC(=NCCN(C)CC(F)(F)F)N1CCC(OCC)CC1.I. The predicted octanol–water partition coefficient (Wildman–Crippen LogP) is 2.56. The van der Waals surface area contributed by atoms with Gasteiger partial charge in [0.05, 0.1) is 19.2 Å². The lowest BCUT2D eigenvalue weighted by molar-refractivity contribution is -0.142. The standard InChI is InChI=1S/C15H29F3N4O.HI/c1-4-19-14(20-8-11-21(3)12-15(16,17)18)22-9-6-13(7-10-22)23-5-2;/h13H,4-12H2,1-3H3,(H,19,20);1H. The van der Waals surface area contributed by atoms with Crippen LogP contribution in [-0.4, -0.2) is 81.0 Å². The Morgan fingerprint density at radius 1 is 1.29 bits per heavy atom. The molecular formula is C15H30F3IN4O. The quantitative estimate of drug-likeness (QED) is 0.356. The first-order valence-electron chi connectivity index (χ1n) is 8.25. The minimum absolute atomic E-state index is 0. The summed E-state index contributed by atoms with van der Waals surface area (Å²) in [6, 6.07) is 0. The topological polar surface area (TPSA) is 40.1 Å². The molecular weight excluding hydrogens is 436 g/mol. The zero-order valence-electron chi connectivity index (χ0n) is 14.7. The van der Waals surface area contributed by atoms with Crippen molar-refractivity contribution in [3.8, 4) is 0 Å². The van der Waals surface area contributed by atoms with Gasteiger partial charge in [0.2, 0.25) is 0 Å². The summed E-state index contributed by atoms with van der Waals surface area (Å²) in [5.74, 6) is 0.780. The van der Waals surface area contributed by atoms with Crippen LogP contribution in [0.25, 0.3) is 0 Å². The van der Waals surface area contributed by atoms with Crippen LogP contribution in [0.15, 0.2) is 4.99 Å². The molecule has 0 aromatic rings. The van der Waals surface area contributed by atoms with Gasteiger partial charge in [-0.2, -0.15) is 13.2 Å². The number of halogens is 4. The second-order valence-corrected chi connectivity index (χ2v) is 5.73. The third-order valence-corrected chi connectivity index (χ3v) is 3.67. The lowest BCUT2D eigenvalue weighted by Gasteiger charge is -2.34. The molecule has 0 amide bonds. The summed E-state index contributed by atoms with van der Waals surface area (Å²) in [5.41, 5.74) is 0. The molecule has 5 nitrogen and oxygen atoms in total. The van der Waals surface area contributed by atoms with Gasteiger partial charge in [-0.3, -0.25) is 9.89 Å². The van der Waals surface area contributed by atoms with Crippen LogP contribution >= 0.6 is 24.0 Å². The fraction of sp³-hybridized carbons (Fsp3) is 0.933. The Morgan fingerprint density at radius 2 is 1.92 bits per heavy atom. The first-order chi connectivity index (χ1) is 10.9. The van der Waals surface area contributed by atoms with E-state index in [1.54, 1.807) is 0 Å². The predicted molar refractivity (Wildman–Crippen MR) is 101 cm³/mol. The minimum atomic E-state index is -4.16. The number of nitrogens with zero attached hydrogens (tertiary/aromatic N) is 3. The molecule has 1 rings (SSSR count). The van der Waals surface area contributed by atoms with Gasteiger partial charge in [-0.15, -0.1) is 24.0 Å². The number of guanidine groups is 1. The Kier molecular flexibility index (Phi) is 12.0. The van der Waals surface area contributed by atoms with Crippen molar-refractivity contribution in [2.75, 3.05) is 52.9 Å². The maximum atomic E-state index is 12.3. The normalized spacial score (nSPS) is 17.1. The van der Waals surface area contributed by atoms with Gasteiger partial charge in [-0.25, -0.2) is 0 Å². The Hall–Kier alpha value is -0.290. The van der Waals surface area contributed by atoms with Crippen molar-refractivity contribution in [1.82, 2.24) is 15.1 Å². The molecule has 1 aliphatic heterocycles. The van der Waals surface area contributed by atoms with E-state index >= 15 is 0 Å². The molecule has 1 N–H and O–H groups in total. The third kappa shape index (κ3) is 9.87. The molecule has 0 radical (unpaired) electrons. The minimum Gasteiger partial charge on any atom is -0.378 e. The molecule has 0 aliphatic carbocycles. The Labute approximate surface area is 160 Å².